The lowest BCUT2D eigenvalue weighted by molar-refractivity contribution is 0.475. The largest absolute Gasteiger partial charge is 0.508 e. The molecule has 0 unspecified atom stereocenters. The molecule has 1 saturated heterocycles. The van der Waals surface area contributed by atoms with Gasteiger partial charge in [0.15, 0.2) is 0 Å². The number of benzene rings is 1. The molecule has 3 rings (SSSR count). The maximum absolute atomic E-state index is 9.36. The third-order valence-corrected chi connectivity index (χ3v) is 3.90. The second-order valence-electron chi connectivity index (χ2n) is 5.63. The van der Waals surface area contributed by atoms with Gasteiger partial charge >= 0.3 is 0 Å². The molecule has 1 aromatic carbocycles. The van der Waals surface area contributed by atoms with Gasteiger partial charge in [-0.1, -0.05) is 0 Å². The number of aromatic hydroxyl groups is 1. The lowest BCUT2D eigenvalue weighted by Crippen LogP contribution is -2.46. The number of phenols is 1. The van der Waals surface area contributed by atoms with Crippen LogP contribution < -0.4 is 9.80 Å². The molecular formula is C17H21N3O. The molecule has 110 valence electrons. The van der Waals surface area contributed by atoms with E-state index in [0.717, 1.165) is 37.7 Å². The summed E-state index contributed by atoms with van der Waals surface area (Å²) in [7, 11) is 0. The van der Waals surface area contributed by atoms with Crippen LogP contribution in [0.1, 0.15) is 11.3 Å². The zero-order chi connectivity index (χ0) is 14.8. The molecule has 1 N–H and O–H groups in total. The zero-order valence-electron chi connectivity index (χ0n) is 12.6. The van der Waals surface area contributed by atoms with E-state index in [9.17, 15) is 5.11 Å². The fourth-order valence-electron chi connectivity index (χ4n) is 2.84. The van der Waals surface area contributed by atoms with Gasteiger partial charge in [-0.2, -0.15) is 0 Å². The average Bonchev–Trinajstić information content (AvgIpc) is 2.47. The summed E-state index contributed by atoms with van der Waals surface area (Å²) in [5.41, 5.74) is 3.50. The van der Waals surface area contributed by atoms with Gasteiger partial charge in [-0.15, -0.1) is 0 Å². The van der Waals surface area contributed by atoms with Gasteiger partial charge in [0.1, 0.15) is 11.6 Å². The van der Waals surface area contributed by atoms with Crippen molar-refractivity contribution < 1.29 is 5.11 Å². The maximum atomic E-state index is 9.36. The van der Waals surface area contributed by atoms with Crippen LogP contribution in [0, 0.1) is 13.8 Å². The molecule has 2 heterocycles. The molecular weight excluding hydrogens is 262 g/mol. The Hall–Kier alpha value is -2.23. The van der Waals surface area contributed by atoms with Crippen molar-refractivity contribution in [2.24, 2.45) is 0 Å². The van der Waals surface area contributed by atoms with E-state index < -0.39 is 0 Å². The van der Waals surface area contributed by atoms with Crippen LogP contribution in [-0.4, -0.2) is 36.3 Å². The third kappa shape index (κ3) is 3.10. The minimum atomic E-state index is 0.317. The highest BCUT2D eigenvalue weighted by atomic mass is 16.3. The van der Waals surface area contributed by atoms with Gasteiger partial charge in [0.05, 0.1) is 0 Å². The van der Waals surface area contributed by atoms with Crippen molar-refractivity contribution in [1.29, 1.82) is 0 Å². The molecule has 1 aromatic heterocycles. The number of anilines is 2. The summed E-state index contributed by atoms with van der Waals surface area (Å²) in [4.78, 5) is 9.33. The molecule has 1 fully saturated rings. The molecule has 0 spiro atoms. The minimum Gasteiger partial charge on any atom is -0.508 e. The van der Waals surface area contributed by atoms with Crippen molar-refractivity contribution in [3.05, 3.63) is 47.7 Å². The van der Waals surface area contributed by atoms with Gasteiger partial charge in [0, 0.05) is 37.6 Å². The van der Waals surface area contributed by atoms with Crippen molar-refractivity contribution in [3.63, 3.8) is 0 Å². The van der Waals surface area contributed by atoms with Crippen LogP contribution in [0.5, 0.6) is 5.75 Å². The number of rotatable bonds is 2. The van der Waals surface area contributed by atoms with Gasteiger partial charge < -0.3 is 14.9 Å². The smallest absolute Gasteiger partial charge is 0.129 e. The number of aryl methyl sites for hydroxylation is 2. The number of hydrogen-bond acceptors (Lipinski definition) is 4. The second-order valence-corrected chi connectivity index (χ2v) is 5.63. The first-order chi connectivity index (χ1) is 10.1. The van der Waals surface area contributed by atoms with E-state index in [1.165, 1.54) is 11.3 Å². The highest BCUT2D eigenvalue weighted by Crippen LogP contribution is 2.22. The highest BCUT2D eigenvalue weighted by Gasteiger charge is 2.18. The minimum absolute atomic E-state index is 0.317. The Morgan fingerprint density at radius 3 is 2.14 bits per heavy atom. The van der Waals surface area contributed by atoms with Crippen molar-refractivity contribution in [3.8, 4) is 5.75 Å². The van der Waals surface area contributed by atoms with Crippen molar-refractivity contribution >= 4 is 11.5 Å². The zero-order valence-corrected chi connectivity index (χ0v) is 12.6. The average molecular weight is 283 g/mol. The molecule has 4 heteroatoms. The fourth-order valence-corrected chi connectivity index (χ4v) is 2.84. The SMILES string of the molecule is Cc1cc(C)nc(N2CCN(c3ccc(O)cc3)CC2)c1. The first kappa shape index (κ1) is 13.7. The van der Waals surface area contributed by atoms with Gasteiger partial charge in [0.25, 0.3) is 0 Å². The van der Waals surface area contributed by atoms with Gasteiger partial charge in [-0.25, -0.2) is 4.98 Å². The number of aromatic nitrogens is 1. The van der Waals surface area contributed by atoms with E-state index >= 15 is 0 Å². The summed E-state index contributed by atoms with van der Waals surface area (Å²) in [5.74, 6) is 1.40. The van der Waals surface area contributed by atoms with Crippen LogP contribution in [0.25, 0.3) is 0 Å². The summed E-state index contributed by atoms with van der Waals surface area (Å²) in [6, 6.07) is 11.7. The topological polar surface area (TPSA) is 39.6 Å². The van der Waals surface area contributed by atoms with Crippen molar-refractivity contribution in [2.45, 2.75) is 13.8 Å². The molecule has 0 saturated carbocycles. The van der Waals surface area contributed by atoms with Gasteiger partial charge in [0.2, 0.25) is 0 Å². The Bertz CT molecular complexity index is 596. The van der Waals surface area contributed by atoms with Gasteiger partial charge in [-0.05, 0) is 55.8 Å². The summed E-state index contributed by atoms with van der Waals surface area (Å²) < 4.78 is 0. The Morgan fingerprint density at radius 1 is 0.905 bits per heavy atom. The van der Waals surface area contributed by atoms with Crippen LogP contribution >= 0.6 is 0 Å². The molecule has 0 bridgehead atoms. The molecule has 0 aliphatic carbocycles. The molecule has 4 nitrogen and oxygen atoms in total. The van der Waals surface area contributed by atoms with Crippen LogP contribution in [0.15, 0.2) is 36.4 Å². The number of hydrogen-bond donors (Lipinski definition) is 1. The van der Waals surface area contributed by atoms with E-state index in [4.69, 9.17) is 0 Å². The normalized spacial score (nSPS) is 15.3. The summed E-state index contributed by atoms with van der Waals surface area (Å²) >= 11 is 0. The van der Waals surface area contributed by atoms with Crippen LogP contribution in [0.3, 0.4) is 0 Å². The third-order valence-electron chi connectivity index (χ3n) is 3.90. The van der Waals surface area contributed by atoms with E-state index in [2.05, 4.69) is 33.8 Å². The Labute approximate surface area is 125 Å². The van der Waals surface area contributed by atoms with Gasteiger partial charge in [-0.3, -0.25) is 0 Å². The molecule has 1 aliphatic heterocycles. The predicted octanol–water partition coefficient (Wildman–Crippen LogP) is 2.73. The lowest BCUT2D eigenvalue weighted by atomic mass is 10.2. The number of nitrogens with zero attached hydrogens (tertiary/aromatic N) is 3. The number of pyridine rings is 1. The summed E-state index contributed by atoms with van der Waals surface area (Å²) in [6.45, 7) is 8.04. The fraction of sp³-hybridized carbons (Fsp3) is 0.353. The quantitative estimate of drug-likeness (QED) is 0.920. The van der Waals surface area contributed by atoms with Crippen LogP contribution in [0.2, 0.25) is 0 Å². The maximum Gasteiger partial charge on any atom is 0.129 e. The van der Waals surface area contributed by atoms with Crippen LogP contribution in [-0.2, 0) is 0 Å². The first-order valence-electron chi connectivity index (χ1n) is 7.36. The van der Waals surface area contributed by atoms with E-state index in [-0.39, 0.29) is 0 Å². The molecule has 0 atom stereocenters. The standard InChI is InChI=1S/C17H21N3O/c1-13-11-14(2)18-17(12-13)20-9-7-19(8-10-20)15-3-5-16(21)6-4-15/h3-6,11-12,21H,7-10H2,1-2H3. The molecule has 2 aromatic rings. The predicted molar refractivity (Wildman–Crippen MR) is 86.2 cm³/mol. The molecule has 1 aliphatic rings. The number of piperazine rings is 1. The van der Waals surface area contributed by atoms with Crippen molar-refractivity contribution in [1.82, 2.24) is 4.98 Å². The Morgan fingerprint density at radius 2 is 1.52 bits per heavy atom. The van der Waals surface area contributed by atoms with E-state index in [0.29, 0.717) is 5.75 Å². The lowest BCUT2D eigenvalue weighted by Gasteiger charge is -2.37. The monoisotopic (exact) mass is 283 g/mol. The van der Waals surface area contributed by atoms with Crippen LogP contribution in [0.4, 0.5) is 11.5 Å². The second kappa shape index (κ2) is 5.64. The number of phenolic OH excluding ortho intramolecular Hbond substituents is 1. The summed E-state index contributed by atoms with van der Waals surface area (Å²) in [6.07, 6.45) is 0. The summed E-state index contributed by atoms with van der Waals surface area (Å²) in [5, 5.41) is 9.36. The molecule has 0 amide bonds. The van der Waals surface area contributed by atoms with Crippen molar-refractivity contribution in [2.75, 3.05) is 36.0 Å². The van der Waals surface area contributed by atoms with E-state index in [1.54, 1.807) is 12.1 Å². The Kier molecular flexibility index (Phi) is 3.69. The molecule has 21 heavy (non-hydrogen) atoms. The first-order valence-corrected chi connectivity index (χ1v) is 7.36. The van der Waals surface area contributed by atoms with E-state index in [1.807, 2.05) is 19.1 Å². The molecule has 0 radical (unpaired) electrons. The highest BCUT2D eigenvalue weighted by molar-refractivity contribution is 5.51. The Balaban J connectivity index is 1.68.